The molecule has 0 aliphatic carbocycles. The first-order valence-electron chi connectivity index (χ1n) is 30.8. The van der Waals surface area contributed by atoms with Gasteiger partial charge < -0.3 is 4.42 Å². The number of halogens is 30. The van der Waals surface area contributed by atoms with E-state index < -0.39 is 294 Å². The van der Waals surface area contributed by atoms with Gasteiger partial charge in [-0.2, -0.15) is 132 Å². The standard InChI is InChI=1S/C73H41F30NO3/c1-27(2)30-17-46(28(3)4)59(47(18-30)29(5)6)104-62(105)52-25-49(32-9-38(66(80,81)82)20-39(10-32)67(83,84)85)56-51-24-48(31-7-36(64(74,75)76)19-37(8-31)65(77,78)79)54(34-13-42(70(92,93)94)22-43(14-34)71(95,96)97)55(35-15-44(72(98,99)100)23-45(16-35)73(101,102)103)61(51)107-60-50(26-53(63(104)106)57(52)58(56)60)33-11-40(68(86,87)88)21-41(12-33)69(89,90)91/h7-29H,1-6H3. The summed E-state index contributed by atoms with van der Waals surface area (Å²) in [5.41, 5.74) is -48.8. The Kier molecular flexibility index (Phi) is 18.5. The Morgan fingerprint density at radius 3 is 0.813 bits per heavy atom. The summed E-state index contributed by atoms with van der Waals surface area (Å²) in [7, 11) is 0. The normalized spacial score (nSPS) is 13.7. The number of aromatic nitrogens is 1. The highest BCUT2D eigenvalue weighted by Crippen LogP contribution is 2.57. The molecular formula is C73H41F30NO3. The Hall–Kier alpha value is -9.92. The lowest BCUT2D eigenvalue weighted by Crippen LogP contribution is -2.34. The third-order valence-electron chi connectivity index (χ3n) is 17.8. The molecule has 4 nitrogen and oxygen atoms in total. The quantitative estimate of drug-likeness (QED) is 0.0822. The molecule has 107 heavy (non-hydrogen) atoms. The van der Waals surface area contributed by atoms with Crippen molar-refractivity contribution in [3.05, 3.63) is 214 Å². The van der Waals surface area contributed by atoms with Crippen molar-refractivity contribution < 1.29 is 136 Å². The molecule has 0 N–H and O–H groups in total. The van der Waals surface area contributed by atoms with Crippen LogP contribution in [0.3, 0.4) is 0 Å². The molecule has 0 saturated carbocycles. The Bertz CT molecular complexity index is 5340. The van der Waals surface area contributed by atoms with Crippen LogP contribution in [0.2, 0.25) is 0 Å². The van der Waals surface area contributed by atoms with Crippen LogP contribution in [0, 0.1) is 0 Å². The van der Waals surface area contributed by atoms with Gasteiger partial charge in [0.1, 0.15) is 11.2 Å². The summed E-state index contributed by atoms with van der Waals surface area (Å²) in [4.78, 5) is 32.2. The number of nitrogens with zero attached hydrogens (tertiary/aromatic N) is 1. The smallest absolute Gasteiger partial charge is 0.416 e. The van der Waals surface area contributed by atoms with E-state index in [1.807, 2.05) is 0 Å². The minimum atomic E-state index is -6.18. The predicted octanol–water partition coefficient (Wildman–Crippen LogP) is 26.7. The number of benzene rings is 9. The molecule has 566 valence electrons. The van der Waals surface area contributed by atoms with E-state index >= 15 is 141 Å². The Labute approximate surface area is 579 Å². The molecule has 0 fully saturated rings. The molecule has 0 amide bonds. The number of hydrogen-bond donors (Lipinski definition) is 0. The molecule has 34 heteroatoms. The molecule has 2 aromatic heterocycles. The van der Waals surface area contributed by atoms with E-state index in [2.05, 4.69) is 0 Å². The molecule has 11 aromatic rings. The molecular weight excluding hydrogens is 1510 g/mol. The summed E-state index contributed by atoms with van der Waals surface area (Å²) < 4.78 is 465. The molecule has 0 aliphatic heterocycles. The molecule has 0 saturated heterocycles. The van der Waals surface area contributed by atoms with Crippen molar-refractivity contribution in [2.24, 2.45) is 0 Å². The van der Waals surface area contributed by atoms with Gasteiger partial charge in [0.25, 0.3) is 11.1 Å². The SMILES string of the molecule is CC(C)c1cc(C(C)C)c(-n2c(=O)c3cc(-c4cc(C(F)(F)F)cc(C(F)(F)F)c4)c4oc5c(-c6cc(C(F)(F)F)cc(C(F)(F)F)c6)c(-c6cc(C(F)(F)F)cc(C(F)(F)F)c6)c(-c6cc(C(F)(F)F)cc(C(F)(F)F)c6)cc5c5c(-c6cc(C(F)(F)F)cc(C(F)(F)F)c6)cc(c2=O)c3c45)c(C(C)C)c1. The van der Waals surface area contributed by atoms with Crippen LogP contribution in [0.5, 0.6) is 0 Å². The van der Waals surface area contributed by atoms with Gasteiger partial charge in [-0.25, -0.2) is 4.57 Å². The fourth-order valence-corrected chi connectivity index (χ4v) is 12.9. The van der Waals surface area contributed by atoms with Gasteiger partial charge in [0, 0.05) is 49.0 Å². The average Bonchev–Trinajstić information content (AvgIpc) is 0.682. The van der Waals surface area contributed by atoms with E-state index in [4.69, 9.17) is 4.42 Å². The van der Waals surface area contributed by atoms with Gasteiger partial charge in [0.2, 0.25) is 0 Å². The van der Waals surface area contributed by atoms with Crippen LogP contribution in [0.15, 0.2) is 135 Å². The molecule has 0 radical (unpaired) electrons. The van der Waals surface area contributed by atoms with Gasteiger partial charge in [-0.05, 0) is 183 Å². The van der Waals surface area contributed by atoms with Crippen molar-refractivity contribution in [1.82, 2.24) is 4.57 Å². The molecule has 0 aliphatic rings. The first-order valence-corrected chi connectivity index (χ1v) is 30.8. The monoisotopic (exact) mass is 1550 g/mol. The van der Waals surface area contributed by atoms with E-state index in [1.165, 1.54) is 39.8 Å². The summed E-state index contributed by atoms with van der Waals surface area (Å²) in [5.74, 6) is -1.99. The van der Waals surface area contributed by atoms with E-state index in [-0.39, 0.29) is 65.2 Å². The topological polar surface area (TPSA) is 52.2 Å². The number of fused-ring (bicyclic) bond motifs is 2. The fourth-order valence-electron chi connectivity index (χ4n) is 12.9. The summed E-state index contributed by atoms with van der Waals surface area (Å²) in [6, 6.07) is -2.79. The minimum absolute atomic E-state index is 0.00891. The second-order valence-electron chi connectivity index (χ2n) is 26.0. The zero-order valence-electron chi connectivity index (χ0n) is 54.3. The molecule has 11 rings (SSSR count). The summed E-state index contributed by atoms with van der Waals surface area (Å²) >= 11 is 0. The van der Waals surface area contributed by atoms with Crippen LogP contribution < -0.4 is 11.1 Å². The fraction of sp³-hybridized carbons (Fsp3) is 0.260. The van der Waals surface area contributed by atoms with Crippen LogP contribution in [0.4, 0.5) is 132 Å². The second kappa shape index (κ2) is 25.4. The van der Waals surface area contributed by atoms with Gasteiger partial charge in [-0.15, -0.1) is 0 Å². The van der Waals surface area contributed by atoms with Gasteiger partial charge in [0.15, 0.2) is 0 Å². The Balaban J connectivity index is 1.61. The van der Waals surface area contributed by atoms with Gasteiger partial charge in [0.05, 0.1) is 61.3 Å². The zero-order valence-corrected chi connectivity index (χ0v) is 54.3. The van der Waals surface area contributed by atoms with Crippen LogP contribution in [-0.4, -0.2) is 4.57 Å². The first-order chi connectivity index (χ1) is 48.7. The van der Waals surface area contributed by atoms with Crippen molar-refractivity contribution >= 4 is 43.5 Å². The van der Waals surface area contributed by atoms with Crippen LogP contribution >= 0.6 is 0 Å². The van der Waals surface area contributed by atoms with E-state index in [9.17, 15) is 0 Å². The highest BCUT2D eigenvalue weighted by atomic mass is 19.4. The van der Waals surface area contributed by atoms with Crippen molar-refractivity contribution in [2.45, 2.75) is 121 Å². The van der Waals surface area contributed by atoms with Crippen molar-refractivity contribution in [2.75, 3.05) is 0 Å². The lowest BCUT2D eigenvalue weighted by molar-refractivity contribution is -0.144. The average molecular weight is 1550 g/mol. The maximum absolute atomic E-state index is 16.1. The lowest BCUT2D eigenvalue weighted by atomic mass is 9.81. The third-order valence-corrected chi connectivity index (χ3v) is 17.8. The maximum Gasteiger partial charge on any atom is 0.416 e. The van der Waals surface area contributed by atoms with Crippen LogP contribution in [-0.2, 0) is 61.8 Å². The third kappa shape index (κ3) is 14.5. The maximum atomic E-state index is 16.1. The van der Waals surface area contributed by atoms with Crippen molar-refractivity contribution in [3.8, 4) is 61.3 Å². The largest absolute Gasteiger partial charge is 0.455 e. The van der Waals surface area contributed by atoms with Gasteiger partial charge >= 0.3 is 61.8 Å². The number of hydrogen-bond acceptors (Lipinski definition) is 3. The summed E-state index contributed by atoms with van der Waals surface area (Å²) in [6.07, 6.45) is -60.7. The highest BCUT2D eigenvalue weighted by molar-refractivity contribution is 6.34. The number of rotatable bonds is 9. The van der Waals surface area contributed by atoms with Gasteiger partial charge in [-0.3, -0.25) is 9.59 Å². The lowest BCUT2D eigenvalue weighted by Gasteiger charge is -2.26. The molecule has 0 atom stereocenters. The van der Waals surface area contributed by atoms with Crippen molar-refractivity contribution in [1.29, 1.82) is 0 Å². The second-order valence-corrected chi connectivity index (χ2v) is 26.0. The summed E-state index contributed by atoms with van der Waals surface area (Å²) in [6.45, 7) is 9.42. The minimum Gasteiger partial charge on any atom is -0.455 e. The Morgan fingerprint density at radius 1 is 0.262 bits per heavy atom. The highest BCUT2D eigenvalue weighted by Gasteiger charge is 2.45. The Morgan fingerprint density at radius 2 is 0.523 bits per heavy atom. The molecule has 0 unspecified atom stereocenters. The van der Waals surface area contributed by atoms with Crippen molar-refractivity contribution in [3.63, 3.8) is 0 Å². The van der Waals surface area contributed by atoms with E-state index in [0.29, 0.717) is 22.3 Å². The number of alkyl halides is 30. The van der Waals surface area contributed by atoms with Crippen LogP contribution in [0.25, 0.3) is 105 Å². The predicted molar refractivity (Wildman–Crippen MR) is 331 cm³/mol. The van der Waals surface area contributed by atoms with E-state index in [1.54, 1.807) is 13.8 Å². The molecule has 2 heterocycles. The van der Waals surface area contributed by atoms with E-state index in [0.717, 1.165) is 0 Å². The molecule has 9 aromatic carbocycles. The summed E-state index contributed by atoms with van der Waals surface area (Å²) in [5, 5.41) is -7.87. The molecule has 0 spiro atoms. The zero-order chi connectivity index (χ0) is 79.8. The molecule has 0 bridgehead atoms. The first kappa shape index (κ1) is 78.2. The number of pyridine rings is 1. The van der Waals surface area contributed by atoms with Crippen LogP contribution in [0.1, 0.15) is 132 Å². The van der Waals surface area contributed by atoms with Gasteiger partial charge in [-0.1, -0.05) is 53.7 Å².